The van der Waals surface area contributed by atoms with Crippen LogP contribution in [0.25, 0.3) is 0 Å². The number of methoxy groups -OCH3 is 1. The molecule has 1 aliphatic rings. The highest BCUT2D eigenvalue weighted by atomic mass is 32.2. The van der Waals surface area contributed by atoms with Crippen LogP contribution in [0.4, 0.5) is 0 Å². The molecule has 0 aromatic carbocycles. The molecule has 0 aromatic rings. The van der Waals surface area contributed by atoms with Crippen LogP contribution in [0.5, 0.6) is 0 Å². The van der Waals surface area contributed by atoms with E-state index in [-0.39, 0.29) is 24.7 Å². The molecule has 0 spiro atoms. The van der Waals surface area contributed by atoms with Gasteiger partial charge in [0.05, 0.1) is 31.3 Å². The third-order valence-corrected chi connectivity index (χ3v) is 6.54. The molecule has 0 unspecified atom stereocenters. The van der Waals surface area contributed by atoms with Gasteiger partial charge in [0.15, 0.2) is 0 Å². The summed E-state index contributed by atoms with van der Waals surface area (Å²) in [7, 11) is -5.37. The van der Waals surface area contributed by atoms with Crippen LogP contribution in [0.3, 0.4) is 0 Å². The van der Waals surface area contributed by atoms with Crippen LogP contribution in [-0.4, -0.2) is 79.2 Å². The minimum atomic E-state index is -3.52. The van der Waals surface area contributed by atoms with E-state index in [4.69, 9.17) is 9.47 Å². The molecular formula is C12H26N2O6S2. The number of hydrogen-bond acceptors (Lipinski definition) is 6. The van der Waals surface area contributed by atoms with Crippen molar-refractivity contribution in [2.24, 2.45) is 0 Å². The fourth-order valence-electron chi connectivity index (χ4n) is 2.08. The Morgan fingerprint density at radius 1 is 0.955 bits per heavy atom. The Hall–Kier alpha value is -0.260. The fourth-order valence-corrected chi connectivity index (χ4v) is 4.54. The number of hydrogen-bond donors (Lipinski definition) is 1. The first-order valence-corrected chi connectivity index (χ1v) is 10.7. The Kier molecular flexibility index (Phi) is 8.80. The summed E-state index contributed by atoms with van der Waals surface area (Å²) in [5, 5.41) is 0. The molecule has 0 saturated carbocycles. The third kappa shape index (κ3) is 7.84. The number of ether oxygens (including phenoxy) is 2. The summed E-state index contributed by atoms with van der Waals surface area (Å²) >= 11 is 0. The molecule has 8 nitrogen and oxygen atoms in total. The Morgan fingerprint density at radius 3 is 2.27 bits per heavy atom. The van der Waals surface area contributed by atoms with E-state index in [0.717, 1.165) is 19.3 Å². The predicted molar refractivity (Wildman–Crippen MR) is 83.7 cm³/mol. The molecule has 10 heteroatoms. The minimum absolute atomic E-state index is 0.0531. The molecule has 132 valence electrons. The van der Waals surface area contributed by atoms with E-state index >= 15 is 0 Å². The van der Waals surface area contributed by atoms with Gasteiger partial charge in [-0.3, -0.25) is 0 Å². The Balaban J connectivity index is 2.26. The maximum atomic E-state index is 12.1. The highest BCUT2D eigenvalue weighted by Gasteiger charge is 2.24. The molecule has 0 amide bonds. The summed E-state index contributed by atoms with van der Waals surface area (Å²) < 4.78 is 61.1. The highest BCUT2D eigenvalue weighted by molar-refractivity contribution is 7.90. The van der Waals surface area contributed by atoms with E-state index in [2.05, 4.69) is 4.72 Å². The van der Waals surface area contributed by atoms with E-state index in [9.17, 15) is 16.8 Å². The molecule has 1 saturated heterocycles. The molecule has 1 aliphatic heterocycles. The van der Waals surface area contributed by atoms with Gasteiger partial charge in [-0.15, -0.1) is 0 Å². The molecule has 1 heterocycles. The molecule has 1 N–H and O–H groups in total. The van der Waals surface area contributed by atoms with Gasteiger partial charge in [-0.25, -0.2) is 25.9 Å². The number of nitrogens with one attached hydrogen (secondary N) is 1. The Bertz CT molecular complexity index is 500. The molecule has 1 rings (SSSR count). The SMILES string of the molecule is COCCOCCS(=O)(=O)NCCS(=O)(=O)N1CCCCC1. The van der Waals surface area contributed by atoms with Crippen LogP contribution in [-0.2, 0) is 29.5 Å². The number of sulfonamides is 2. The van der Waals surface area contributed by atoms with E-state index in [0.29, 0.717) is 26.3 Å². The summed E-state index contributed by atoms with van der Waals surface area (Å²) in [6, 6.07) is 0. The second kappa shape index (κ2) is 9.78. The molecule has 0 aromatic heterocycles. The van der Waals surface area contributed by atoms with E-state index in [1.54, 1.807) is 0 Å². The van der Waals surface area contributed by atoms with Crippen molar-refractivity contribution in [3.05, 3.63) is 0 Å². The normalized spacial score (nSPS) is 17.7. The van der Waals surface area contributed by atoms with Crippen LogP contribution in [0.2, 0.25) is 0 Å². The second-order valence-electron chi connectivity index (χ2n) is 5.09. The van der Waals surface area contributed by atoms with Crippen molar-refractivity contribution in [2.45, 2.75) is 19.3 Å². The standard InChI is InChI=1S/C12H26N2O6S2/c1-19-8-9-20-10-12-21(15,16)13-5-11-22(17,18)14-6-3-2-4-7-14/h13H,2-12H2,1H3. The zero-order chi connectivity index (χ0) is 16.5. The topological polar surface area (TPSA) is 102 Å². The summed E-state index contributed by atoms with van der Waals surface area (Å²) in [5.41, 5.74) is 0. The van der Waals surface area contributed by atoms with Crippen molar-refractivity contribution in [3.63, 3.8) is 0 Å². The van der Waals surface area contributed by atoms with Crippen LogP contribution in [0.1, 0.15) is 19.3 Å². The molecule has 22 heavy (non-hydrogen) atoms. The van der Waals surface area contributed by atoms with Gasteiger partial charge in [-0.05, 0) is 12.8 Å². The zero-order valence-corrected chi connectivity index (χ0v) is 14.6. The lowest BCUT2D eigenvalue weighted by molar-refractivity contribution is 0.0784. The summed E-state index contributed by atoms with van der Waals surface area (Å²) in [6.45, 7) is 1.73. The van der Waals surface area contributed by atoms with Crippen LogP contribution in [0.15, 0.2) is 0 Å². The highest BCUT2D eigenvalue weighted by Crippen LogP contribution is 2.13. The molecule has 0 atom stereocenters. The van der Waals surface area contributed by atoms with E-state index in [1.807, 2.05) is 0 Å². The number of rotatable bonds is 11. The van der Waals surface area contributed by atoms with E-state index < -0.39 is 20.0 Å². The molecule has 0 radical (unpaired) electrons. The largest absolute Gasteiger partial charge is 0.382 e. The maximum absolute atomic E-state index is 12.1. The summed E-state index contributed by atoms with van der Waals surface area (Å²) in [6.07, 6.45) is 2.77. The van der Waals surface area contributed by atoms with Crippen molar-refractivity contribution in [3.8, 4) is 0 Å². The molecule has 1 fully saturated rings. The summed E-state index contributed by atoms with van der Waals surface area (Å²) in [5.74, 6) is -0.406. The number of nitrogens with zero attached hydrogens (tertiary/aromatic N) is 1. The summed E-state index contributed by atoms with van der Waals surface area (Å²) in [4.78, 5) is 0. The average molecular weight is 358 g/mol. The zero-order valence-electron chi connectivity index (χ0n) is 13.0. The molecular weight excluding hydrogens is 332 g/mol. The minimum Gasteiger partial charge on any atom is -0.382 e. The van der Waals surface area contributed by atoms with Crippen molar-refractivity contribution in [1.82, 2.24) is 9.03 Å². The van der Waals surface area contributed by atoms with Crippen molar-refractivity contribution < 1.29 is 26.3 Å². The number of piperidine rings is 1. The monoisotopic (exact) mass is 358 g/mol. The van der Waals surface area contributed by atoms with Gasteiger partial charge in [0.2, 0.25) is 20.0 Å². The van der Waals surface area contributed by atoms with Gasteiger partial charge in [0, 0.05) is 26.7 Å². The van der Waals surface area contributed by atoms with Crippen molar-refractivity contribution in [2.75, 3.05) is 58.1 Å². The lowest BCUT2D eigenvalue weighted by Crippen LogP contribution is -2.40. The first kappa shape index (κ1) is 19.8. The molecule has 0 aliphatic carbocycles. The smallest absolute Gasteiger partial charge is 0.215 e. The van der Waals surface area contributed by atoms with Crippen LogP contribution >= 0.6 is 0 Å². The second-order valence-corrected chi connectivity index (χ2v) is 9.11. The quantitative estimate of drug-likeness (QED) is 0.494. The van der Waals surface area contributed by atoms with Crippen molar-refractivity contribution >= 4 is 20.0 Å². The molecule has 0 bridgehead atoms. The van der Waals surface area contributed by atoms with Gasteiger partial charge in [-0.1, -0.05) is 6.42 Å². The van der Waals surface area contributed by atoms with Gasteiger partial charge in [-0.2, -0.15) is 0 Å². The predicted octanol–water partition coefficient (Wildman–Crippen LogP) is -0.615. The first-order valence-electron chi connectivity index (χ1n) is 7.39. The van der Waals surface area contributed by atoms with Crippen molar-refractivity contribution in [1.29, 1.82) is 0 Å². The van der Waals surface area contributed by atoms with Gasteiger partial charge >= 0.3 is 0 Å². The lowest BCUT2D eigenvalue weighted by atomic mass is 10.2. The van der Waals surface area contributed by atoms with Crippen LogP contribution in [0, 0.1) is 0 Å². The third-order valence-electron chi connectivity index (χ3n) is 3.32. The fraction of sp³-hybridized carbons (Fsp3) is 1.00. The van der Waals surface area contributed by atoms with E-state index in [1.165, 1.54) is 11.4 Å². The first-order chi connectivity index (χ1) is 10.4. The average Bonchev–Trinajstić information content (AvgIpc) is 2.47. The maximum Gasteiger partial charge on any atom is 0.215 e. The van der Waals surface area contributed by atoms with Gasteiger partial charge in [0.1, 0.15) is 0 Å². The Labute approximate surface area is 133 Å². The van der Waals surface area contributed by atoms with Gasteiger partial charge < -0.3 is 9.47 Å². The van der Waals surface area contributed by atoms with Crippen LogP contribution < -0.4 is 4.72 Å². The van der Waals surface area contributed by atoms with Gasteiger partial charge in [0.25, 0.3) is 0 Å². The Morgan fingerprint density at radius 2 is 1.64 bits per heavy atom. The lowest BCUT2D eigenvalue weighted by Gasteiger charge is -2.25.